The Bertz CT molecular complexity index is 405. The molecule has 0 aromatic heterocycles. The van der Waals surface area contributed by atoms with E-state index in [1.807, 2.05) is 0 Å². The summed E-state index contributed by atoms with van der Waals surface area (Å²) in [6.07, 6.45) is 0. The zero-order chi connectivity index (χ0) is 13.3. The lowest BCUT2D eigenvalue weighted by Crippen LogP contribution is -2.48. The van der Waals surface area contributed by atoms with Gasteiger partial charge in [-0.2, -0.15) is 5.26 Å². The first kappa shape index (κ1) is 13.0. The first-order chi connectivity index (χ1) is 8.45. The van der Waals surface area contributed by atoms with Gasteiger partial charge in [-0.15, -0.1) is 0 Å². The Morgan fingerprint density at radius 2 is 2.33 bits per heavy atom. The van der Waals surface area contributed by atoms with Gasteiger partial charge in [-0.25, -0.2) is 0 Å². The first-order valence-electron chi connectivity index (χ1n) is 6.46. The minimum Gasteiger partial charge on any atom is -0.356 e. The lowest BCUT2D eigenvalue weighted by molar-refractivity contribution is 0.245. The van der Waals surface area contributed by atoms with Crippen LogP contribution in [-0.2, 0) is 0 Å². The van der Waals surface area contributed by atoms with Crippen LogP contribution in [0.1, 0.15) is 13.8 Å². The van der Waals surface area contributed by atoms with Crippen molar-refractivity contribution in [2.45, 2.75) is 19.9 Å². The number of fused-ring (bicyclic) bond motifs is 1. The number of nitrogens with one attached hydrogen (secondary N) is 1. The standard InChI is InChI=1S/C14H22N4/c1-11(7-15)14(3,4)10-17-9-13-8-16-5-6-18(13)12(17)2/h13,16H,1-2,5-6,8-10H2,3-4H3. The highest BCUT2D eigenvalue weighted by Gasteiger charge is 2.37. The average molecular weight is 246 g/mol. The lowest BCUT2D eigenvalue weighted by Gasteiger charge is -2.33. The molecule has 1 N–H and O–H groups in total. The van der Waals surface area contributed by atoms with Crippen molar-refractivity contribution in [1.82, 2.24) is 15.1 Å². The van der Waals surface area contributed by atoms with Crippen molar-refractivity contribution < 1.29 is 0 Å². The van der Waals surface area contributed by atoms with Crippen LogP contribution < -0.4 is 5.32 Å². The number of hydrogen-bond donors (Lipinski definition) is 1. The molecule has 18 heavy (non-hydrogen) atoms. The third-order valence-corrected chi connectivity index (χ3v) is 4.02. The highest BCUT2D eigenvalue weighted by Crippen LogP contribution is 2.31. The Hall–Kier alpha value is -1.47. The molecule has 4 heteroatoms. The zero-order valence-corrected chi connectivity index (χ0v) is 11.4. The van der Waals surface area contributed by atoms with E-state index in [1.54, 1.807) is 0 Å². The Morgan fingerprint density at radius 1 is 1.61 bits per heavy atom. The van der Waals surface area contributed by atoms with Crippen molar-refractivity contribution >= 4 is 0 Å². The average Bonchev–Trinajstić information content (AvgIpc) is 2.65. The highest BCUT2D eigenvalue weighted by molar-refractivity contribution is 5.25. The van der Waals surface area contributed by atoms with E-state index in [0.29, 0.717) is 11.6 Å². The molecule has 2 rings (SSSR count). The van der Waals surface area contributed by atoms with Crippen LogP contribution in [0.2, 0.25) is 0 Å². The molecule has 0 radical (unpaired) electrons. The Morgan fingerprint density at radius 3 is 2.94 bits per heavy atom. The Balaban J connectivity index is 2.05. The summed E-state index contributed by atoms with van der Waals surface area (Å²) in [7, 11) is 0. The smallest absolute Gasteiger partial charge is 0.0970 e. The topological polar surface area (TPSA) is 42.3 Å². The molecular weight excluding hydrogens is 224 g/mol. The molecule has 0 saturated carbocycles. The van der Waals surface area contributed by atoms with Gasteiger partial charge in [0.1, 0.15) is 0 Å². The minimum absolute atomic E-state index is 0.195. The number of piperazine rings is 1. The first-order valence-corrected chi connectivity index (χ1v) is 6.46. The maximum atomic E-state index is 9.01. The maximum Gasteiger partial charge on any atom is 0.0970 e. The molecule has 0 bridgehead atoms. The van der Waals surface area contributed by atoms with Gasteiger partial charge in [-0.1, -0.05) is 27.0 Å². The SMILES string of the molecule is C=C1N(CC(C)(C)C(=C)C#N)CC2CNCCN12. The van der Waals surface area contributed by atoms with E-state index in [0.717, 1.165) is 38.5 Å². The molecule has 0 aromatic carbocycles. The van der Waals surface area contributed by atoms with Crippen LogP contribution in [-0.4, -0.2) is 48.6 Å². The molecular formula is C14H22N4. The van der Waals surface area contributed by atoms with Crippen molar-refractivity contribution in [1.29, 1.82) is 5.26 Å². The molecule has 1 unspecified atom stereocenters. The molecule has 0 spiro atoms. The van der Waals surface area contributed by atoms with E-state index < -0.39 is 0 Å². The fourth-order valence-corrected chi connectivity index (χ4v) is 2.69. The number of rotatable bonds is 3. The van der Waals surface area contributed by atoms with Gasteiger partial charge in [0.05, 0.1) is 17.9 Å². The van der Waals surface area contributed by atoms with Crippen LogP contribution in [0, 0.1) is 16.7 Å². The van der Waals surface area contributed by atoms with E-state index in [-0.39, 0.29) is 5.41 Å². The second-order valence-electron chi connectivity index (χ2n) is 5.82. The molecule has 0 aromatic rings. The predicted molar refractivity (Wildman–Crippen MR) is 72.6 cm³/mol. The summed E-state index contributed by atoms with van der Waals surface area (Å²) < 4.78 is 0. The molecule has 0 amide bonds. The molecule has 1 atom stereocenters. The van der Waals surface area contributed by atoms with Gasteiger partial charge in [-0.3, -0.25) is 0 Å². The van der Waals surface area contributed by atoms with Crippen LogP contribution >= 0.6 is 0 Å². The summed E-state index contributed by atoms with van der Waals surface area (Å²) >= 11 is 0. The molecule has 2 heterocycles. The summed E-state index contributed by atoms with van der Waals surface area (Å²) in [4.78, 5) is 4.67. The van der Waals surface area contributed by atoms with Crippen LogP contribution in [0.25, 0.3) is 0 Å². The third-order valence-electron chi connectivity index (χ3n) is 4.02. The fourth-order valence-electron chi connectivity index (χ4n) is 2.69. The third kappa shape index (κ3) is 2.23. The molecule has 0 aliphatic carbocycles. The van der Waals surface area contributed by atoms with Crippen molar-refractivity contribution in [3.63, 3.8) is 0 Å². The fraction of sp³-hybridized carbons (Fsp3) is 0.643. The predicted octanol–water partition coefficient (Wildman–Crippen LogP) is 1.15. The van der Waals surface area contributed by atoms with Crippen LogP contribution in [0.5, 0.6) is 0 Å². The molecule has 4 nitrogen and oxygen atoms in total. The maximum absolute atomic E-state index is 9.01. The van der Waals surface area contributed by atoms with Gasteiger partial charge in [0.2, 0.25) is 0 Å². The summed E-state index contributed by atoms with van der Waals surface area (Å²) in [5, 5.41) is 12.4. The van der Waals surface area contributed by atoms with Gasteiger partial charge < -0.3 is 15.1 Å². The molecule has 2 saturated heterocycles. The molecule has 98 valence electrons. The highest BCUT2D eigenvalue weighted by atomic mass is 15.4. The van der Waals surface area contributed by atoms with Crippen LogP contribution in [0.3, 0.4) is 0 Å². The number of nitrogens with zero attached hydrogens (tertiary/aromatic N) is 3. The summed E-state index contributed by atoms with van der Waals surface area (Å²) in [5.41, 5.74) is 0.443. The van der Waals surface area contributed by atoms with E-state index >= 15 is 0 Å². The zero-order valence-electron chi connectivity index (χ0n) is 11.4. The largest absolute Gasteiger partial charge is 0.356 e. The van der Waals surface area contributed by atoms with Gasteiger partial charge in [-0.05, 0) is 0 Å². The van der Waals surface area contributed by atoms with Crippen LogP contribution in [0.4, 0.5) is 0 Å². The van der Waals surface area contributed by atoms with Crippen molar-refractivity contribution in [2.24, 2.45) is 5.41 Å². The van der Waals surface area contributed by atoms with Crippen LogP contribution in [0.15, 0.2) is 24.6 Å². The second-order valence-corrected chi connectivity index (χ2v) is 5.82. The quantitative estimate of drug-likeness (QED) is 0.759. The molecule has 2 aliphatic rings. The number of hydrogen-bond acceptors (Lipinski definition) is 4. The van der Waals surface area contributed by atoms with E-state index in [4.69, 9.17) is 5.26 Å². The summed E-state index contributed by atoms with van der Waals surface area (Å²) in [5.74, 6) is 1.10. The lowest BCUT2D eigenvalue weighted by atomic mass is 9.85. The van der Waals surface area contributed by atoms with Gasteiger partial charge in [0, 0.05) is 43.7 Å². The Kier molecular flexibility index (Phi) is 3.36. The van der Waals surface area contributed by atoms with Crippen molar-refractivity contribution in [3.05, 3.63) is 24.6 Å². The Labute approximate surface area is 110 Å². The van der Waals surface area contributed by atoms with Crippen molar-refractivity contribution in [2.75, 3.05) is 32.7 Å². The van der Waals surface area contributed by atoms with Crippen molar-refractivity contribution in [3.8, 4) is 6.07 Å². The number of nitriles is 1. The summed E-state index contributed by atoms with van der Waals surface area (Å²) in [6.45, 7) is 17.1. The molecule has 2 aliphatic heterocycles. The summed E-state index contributed by atoms with van der Waals surface area (Å²) in [6, 6.07) is 2.71. The normalized spacial score (nSPS) is 23.8. The minimum atomic E-state index is -0.195. The van der Waals surface area contributed by atoms with Gasteiger partial charge >= 0.3 is 0 Å². The monoisotopic (exact) mass is 246 g/mol. The van der Waals surface area contributed by atoms with E-state index in [2.05, 4.69) is 48.2 Å². The van der Waals surface area contributed by atoms with E-state index in [9.17, 15) is 0 Å². The van der Waals surface area contributed by atoms with Gasteiger partial charge in [0.15, 0.2) is 0 Å². The van der Waals surface area contributed by atoms with E-state index in [1.165, 1.54) is 0 Å². The van der Waals surface area contributed by atoms with Gasteiger partial charge in [0.25, 0.3) is 0 Å². The second kappa shape index (κ2) is 4.66. The molecule has 2 fully saturated rings.